The normalized spacial score (nSPS) is 43.2. The van der Waals surface area contributed by atoms with Crippen molar-refractivity contribution in [3.05, 3.63) is 0 Å². The first kappa shape index (κ1) is 10.9. The summed E-state index contributed by atoms with van der Waals surface area (Å²) in [5.41, 5.74) is -0.638. The van der Waals surface area contributed by atoms with Crippen LogP contribution in [0.3, 0.4) is 0 Å². The summed E-state index contributed by atoms with van der Waals surface area (Å²) in [6.45, 7) is 4.77. The van der Waals surface area contributed by atoms with Gasteiger partial charge in [-0.25, -0.2) is 8.78 Å². The van der Waals surface area contributed by atoms with E-state index < -0.39 is 29.5 Å². The van der Waals surface area contributed by atoms with Gasteiger partial charge in [0, 0.05) is 5.92 Å². The van der Waals surface area contributed by atoms with Crippen molar-refractivity contribution in [3.8, 4) is 0 Å². The fourth-order valence-electron chi connectivity index (χ4n) is 1.98. The van der Waals surface area contributed by atoms with E-state index in [9.17, 15) is 19.0 Å². The van der Waals surface area contributed by atoms with Crippen molar-refractivity contribution >= 4 is 0 Å². The van der Waals surface area contributed by atoms with Gasteiger partial charge in [-0.3, -0.25) is 0 Å². The molecule has 1 rings (SSSR count). The molecule has 1 aliphatic rings. The molecule has 0 bridgehead atoms. The molecule has 0 radical (unpaired) electrons. The summed E-state index contributed by atoms with van der Waals surface area (Å²) in [4.78, 5) is 0. The summed E-state index contributed by atoms with van der Waals surface area (Å²) in [5.74, 6) is -4.06. The smallest absolute Gasteiger partial charge is 0.278 e. The third-order valence-corrected chi connectivity index (χ3v) is 2.98. The van der Waals surface area contributed by atoms with E-state index in [4.69, 9.17) is 0 Å². The van der Waals surface area contributed by atoms with E-state index >= 15 is 0 Å². The van der Waals surface area contributed by atoms with Gasteiger partial charge in [0.2, 0.25) is 0 Å². The number of aliphatic hydroxyl groups excluding tert-OH is 2. The Morgan fingerprint density at radius 3 is 2.08 bits per heavy atom. The summed E-state index contributed by atoms with van der Waals surface area (Å²) in [6.07, 6.45) is -3.07. The van der Waals surface area contributed by atoms with Gasteiger partial charge in [0.1, 0.15) is 6.10 Å². The molecule has 0 heterocycles. The fraction of sp³-hybridized carbons (Fsp3) is 1.00. The van der Waals surface area contributed by atoms with Crippen LogP contribution >= 0.6 is 0 Å². The molecule has 2 N–H and O–H groups in total. The highest BCUT2D eigenvalue weighted by Crippen LogP contribution is 2.46. The van der Waals surface area contributed by atoms with Gasteiger partial charge in [0.25, 0.3) is 5.92 Å². The molecule has 0 spiro atoms. The molecule has 0 aromatic heterocycles. The van der Waals surface area contributed by atoms with Crippen LogP contribution in [0.25, 0.3) is 0 Å². The van der Waals surface area contributed by atoms with Gasteiger partial charge < -0.3 is 10.2 Å². The minimum Gasteiger partial charge on any atom is -0.390 e. The highest BCUT2D eigenvalue weighted by Gasteiger charge is 2.56. The van der Waals surface area contributed by atoms with Crippen molar-refractivity contribution < 1.29 is 19.0 Å². The van der Waals surface area contributed by atoms with Crippen LogP contribution in [0.5, 0.6) is 0 Å². The first-order valence-electron chi connectivity index (χ1n) is 4.43. The van der Waals surface area contributed by atoms with Crippen molar-refractivity contribution in [2.75, 3.05) is 0 Å². The molecule has 2 nitrogen and oxygen atoms in total. The third kappa shape index (κ3) is 1.57. The Morgan fingerprint density at radius 1 is 1.15 bits per heavy atom. The molecule has 13 heavy (non-hydrogen) atoms. The van der Waals surface area contributed by atoms with Crippen LogP contribution in [0.1, 0.15) is 27.2 Å². The molecule has 0 aromatic carbocycles. The standard InChI is InChI=1S/C9H16F2O2/c1-5-4-8(2,3)6(12)7(13)9(5,10)11/h5-7,12-13H,4H2,1-3H3/t5-,6+,7-/m1/s1. The first-order chi connectivity index (χ1) is 5.69. The van der Waals surface area contributed by atoms with E-state index in [1.54, 1.807) is 13.8 Å². The Balaban J connectivity index is 2.93. The molecule has 0 aromatic rings. The lowest BCUT2D eigenvalue weighted by Gasteiger charge is -2.46. The van der Waals surface area contributed by atoms with E-state index in [0.717, 1.165) is 0 Å². The zero-order valence-electron chi connectivity index (χ0n) is 8.09. The van der Waals surface area contributed by atoms with Crippen LogP contribution in [0.15, 0.2) is 0 Å². The SMILES string of the molecule is C[C@@H]1CC(C)(C)[C@@H](O)[C@@H](O)C1(F)F. The van der Waals surface area contributed by atoms with E-state index in [2.05, 4.69) is 0 Å². The number of aliphatic hydroxyl groups is 2. The maximum absolute atomic E-state index is 13.2. The van der Waals surface area contributed by atoms with Crippen LogP contribution in [-0.4, -0.2) is 28.3 Å². The molecule has 1 saturated carbocycles. The maximum atomic E-state index is 13.2. The maximum Gasteiger partial charge on any atom is 0.278 e. The molecule has 0 unspecified atom stereocenters. The summed E-state index contributed by atoms with van der Waals surface area (Å²) < 4.78 is 26.4. The van der Waals surface area contributed by atoms with Crippen LogP contribution in [0, 0.1) is 11.3 Å². The summed E-state index contributed by atoms with van der Waals surface area (Å²) in [5, 5.41) is 18.6. The highest BCUT2D eigenvalue weighted by molar-refractivity contribution is 5.00. The number of halogens is 2. The lowest BCUT2D eigenvalue weighted by Crippen LogP contribution is -2.58. The molecule has 3 atom stereocenters. The fourth-order valence-corrected chi connectivity index (χ4v) is 1.98. The third-order valence-electron chi connectivity index (χ3n) is 2.98. The van der Waals surface area contributed by atoms with Gasteiger partial charge in [0.15, 0.2) is 0 Å². The first-order valence-corrected chi connectivity index (χ1v) is 4.43. The molecular formula is C9H16F2O2. The second-order valence-electron chi connectivity index (χ2n) is 4.66. The molecule has 0 amide bonds. The second-order valence-corrected chi connectivity index (χ2v) is 4.66. The topological polar surface area (TPSA) is 40.5 Å². The molecular weight excluding hydrogens is 178 g/mol. The predicted octanol–water partition coefficient (Wildman–Crippen LogP) is 1.41. The second kappa shape index (κ2) is 2.89. The van der Waals surface area contributed by atoms with E-state index in [-0.39, 0.29) is 6.42 Å². The quantitative estimate of drug-likeness (QED) is 0.612. The Bertz CT molecular complexity index is 204. The van der Waals surface area contributed by atoms with Crippen molar-refractivity contribution in [1.29, 1.82) is 0 Å². The van der Waals surface area contributed by atoms with Crippen molar-refractivity contribution in [3.63, 3.8) is 0 Å². The van der Waals surface area contributed by atoms with E-state index in [1.165, 1.54) is 6.92 Å². The molecule has 1 aliphatic carbocycles. The number of hydrogen-bond acceptors (Lipinski definition) is 2. The lowest BCUT2D eigenvalue weighted by molar-refractivity contribution is -0.234. The number of rotatable bonds is 0. The minimum absolute atomic E-state index is 0.220. The number of hydrogen-bond donors (Lipinski definition) is 2. The van der Waals surface area contributed by atoms with Gasteiger partial charge in [0.05, 0.1) is 6.10 Å². The van der Waals surface area contributed by atoms with Gasteiger partial charge in [-0.2, -0.15) is 0 Å². The van der Waals surface area contributed by atoms with Crippen LogP contribution < -0.4 is 0 Å². The average Bonchev–Trinajstić information content (AvgIpc) is 1.98. The van der Waals surface area contributed by atoms with Gasteiger partial charge >= 0.3 is 0 Å². The van der Waals surface area contributed by atoms with Crippen molar-refractivity contribution in [2.24, 2.45) is 11.3 Å². The van der Waals surface area contributed by atoms with Crippen LogP contribution in [-0.2, 0) is 0 Å². The summed E-state index contributed by atoms with van der Waals surface area (Å²) in [7, 11) is 0. The van der Waals surface area contributed by atoms with Crippen molar-refractivity contribution in [1.82, 2.24) is 0 Å². The summed E-state index contributed by atoms with van der Waals surface area (Å²) in [6, 6.07) is 0. The zero-order valence-corrected chi connectivity index (χ0v) is 8.09. The predicted molar refractivity (Wildman–Crippen MR) is 44.5 cm³/mol. The molecule has 4 heteroatoms. The van der Waals surface area contributed by atoms with Gasteiger partial charge in [-0.1, -0.05) is 20.8 Å². The molecule has 78 valence electrons. The Morgan fingerprint density at radius 2 is 1.62 bits per heavy atom. The Kier molecular flexibility index (Phi) is 2.41. The van der Waals surface area contributed by atoms with Gasteiger partial charge in [-0.15, -0.1) is 0 Å². The zero-order chi connectivity index (χ0) is 10.4. The number of alkyl halides is 2. The van der Waals surface area contributed by atoms with E-state index in [1.807, 2.05) is 0 Å². The van der Waals surface area contributed by atoms with Crippen LogP contribution in [0.2, 0.25) is 0 Å². The molecule has 1 fully saturated rings. The highest BCUT2D eigenvalue weighted by atomic mass is 19.3. The summed E-state index contributed by atoms with van der Waals surface area (Å²) >= 11 is 0. The molecule has 0 aliphatic heterocycles. The lowest BCUT2D eigenvalue weighted by atomic mass is 9.67. The minimum atomic E-state index is -3.17. The van der Waals surface area contributed by atoms with Gasteiger partial charge in [-0.05, 0) is 11.8 Å². The monoisotopic (exact) mass is 194 g/mol. The van der Waals surface area contributed by atoms with Crippen molar-refractivity contribution in [2.45, 2.75) is 45.3 Å². The Hall–Kier alpha value is -0.220. The van der Waals surface area contributed by atoms with Crippen LogP contribution in [0.4, 0.5) is 8.78 Å². The largest absolute Gasteiger partial charge is 0.390 e. The Labute approximate surface area is 76.6 Å². The van der Waals surface area contributed by atoms with E-state index in [0.29, 0.717) is 0 Å². The average molecular weight is 194 g/mol. The molecule has 0 saturated heterocycles.